The van der Waals surface area contributed by atoms with Gasteiger partial charge in [0.05, 0.1) is 7.11 Å². The fourth-order valence-electron chi connectivity index (χ4n) is 5.88. The van der Waals surface area contributed by atoms with Gasteiger partial charge in [0.1, 0.15) is 5.75 Å². The first-order valence-corrected chi connectivity index (χ1v) is 12.3. The van der Waals surface area contributed by atoms with E-state index in [9.17, 15) is 0 Å². The molecule has 0 amide bonds. The molecule has 0 bridgehead atoms. The molecule has 0 aliphatic heterocycles. The van der Waals surface area contributed by atoms with E-state index < -0.39 is 0 Å². The van der Waals surface area contributed by atoms with Gasteiger partial charge in [-0.25, -0.2) is 0 Å². The van der Waals surface area contributed by atoms with Crippen molar-refractivity contribution in [3.05, 3.63) is 127 Å². The van der Waals surface area contributed by atoms with E-state index in [4.69, 9.17) is 4.74 Å². The molecule has 0 saturated carbocycles. The molecule has 36 heavy (non-hydrogen) atoms. The Morgan fingerprint density at radius 1 is 0.389 bits per heavy atom. The molecule has 0 unspecified atom stereocenters. The highest BCUT2D eigenvalue weighted by atomic mass is 16.5. The van der Waals surface area contributed by atoms with Crippen LogP contribution >= 0.6 is 0 Å². The van der Waals surface area contributed by atoms with Crippen molar-refractivity contribution in [1.82, 2.24) is 0 Å². The van der Waals surface area contributed by atoms with Crippen LogP contribution in [0.5, 0.6) is 5.75 Å². The van der Waals surface area contributed by atoms with E-state index >= 15 is 0 Å². The highest BCUT2D eigenvalue weighted by Crippen LogP contribution is 2.60. The third-order valence-electron chi connectivity index (χ3n) is 7.29. The summed E-state index contributed by atoms with van der Waals surface area (Å²) < 4.78 is 6.37. The second-order valence-electron chi connectivity index (χ2n) is 9.22. The summed E-state index contributed by atoms with van der Waals surface area (Å²) in [5.74, 6) is 0.912. The number of hydrogen-bond acceptors (Lipinski definition) is 1. The summed E-state index contributed by atoms with van der Waals surface area (Å²) in [5, 5.41) is 2.58. The van der Waals surface area contributed by atoms with Gasteiger partial charge in [0.15, 0.2) is 0 Å². The summed E-state index contributed by atoms with van der Waals surface area (Å²) in [6.45, 7) is 0. The highest BCUT2D eigenvalue weighted by Gasteiger charge is 2.33. The summed E-state index contributed by atoms with van der Waals surface area (Å²) in [6, 6.07) is 45.4. The zero-order valence-corrected chi connectivity index (χ0v) is 20.0. The zero-order chi connectivity index (χ0) is 24.1. The van der Waals surface area contributed by atoms with E-state index in [-0.39, 0.29) is 0 Å². The Bertz CT molecular complexity index is 1730. The van der Waals surface area contributed by atoms with Crippen LogP contribution in [0.2, 0.25) is 0 Å². The van der Waals surface area contributed by atoms with Gasteiger partial charge in [-0.3, -0.25) is 0 Å². The van der Waals surface area contributed by atoms with Crippen molar-refractivity contribution in [1.29, 1.82) is 0 Å². The molecule has 0 fully saturated rings. The first kappa shape index (κ1) is 20.7. The van der Waals surface area contributed by atoms with E-state index in [1.165, 1.54) is 44.2 Å². The fourth-order valence-corrected chi connectivity index (χ4v) is 5.88. The van der Waals surface area contributed by atoms with Crippen LogP contribution in [0, 0.1) is 0 Å². The SMILES string of the molecule is COc1c(-c2ccccc2)c(-c2ccccc2)c2c(c1-c1ccccc1)-c1cccc3cccc-2c13. The third-order valence-corrected chi connectivity index (χ3v) is 7.29. The largest absolute Gasteiger partial charge is 0.495 e. The van der Waals surface area contributed by atoms with Crippen molar-refractivity contribution in [3.8, 4) is 61.4 Å². The minimum Gasteiger partial charge on any atom is -0.495 e. The fraction of sp³-hybridized carbons (Fsp3) is 0.0286. The van der Waals surface area contributed by atoms with Gasteiger partial charge >= 0.3 is 0 Å². The van der Waals surface area contributed by atoms with Gasteiger partial charge in [-0.2, -0.15) is 0 Å². The minimum absolute atomic E-state index is 0.912. The molecule has 0 aromatic heterocycles. The molecule has 0 saturated heterocycles. The van der Waals surface area contributed by atoms with Crippen LogP contribution in [0.4, 0.5) is 0 Å². The predicted molar refractivity (Wildman–Crippen MR) is 151 cm³/mol. The van der Waals surface area contributed by atoms with Crippen molar-refractivity contribution in [2.24, 2.45) is 0 Å². The monoisotopic (exact) mass is 460 g/mol. The lowest BCUT2D eigenvalue weighted by Gasteiger charge is -2.24. The third kappa shape index (κ3) is 2.96. The number of benzene rings is 6. The second kappa shape index (κ2) is 8.25. The summed E-state index contributed by atoms with van der Waals surface area (Å²) in [7, 11) is 1.80. The van der Waals surface area contributed by atoms with Gasteiger partial charge in [-0.1, -0.05) is 127 Å². The number of rotatable bonds is 4. The number of ether oxygens (including phenoxy) is 1. The molecule has 1 nitrogen and oxygen atoms in total. The van der Waals surface area contributed by atoms with E-state index in [1.54, 1.807) is 7.11 Å². The Morgan fingerprint density at radius 2 is 0.806 bits per heavy atom. The Hall–Kier alpha value is -4.62. The molecule has 1 aliphatic carbocycles. The Kier molecular flexibility index (Phi) is 4.75. The molecular formula is C35H24O. The molecule has 0 heterocycles. The van der Waals surface area contributed by atoms with Gasteiger partial charge in [0.25, 0.3) is 0 Å². The van der Waals surface area contributed by atoms with Crippen LogP contribution in [0.25, 0.3) is 66.4 Å². The first-order valence-electron chi connectivity index (χ1n) is 12.3. The van der Waals surface area contributed by atoms with Gasteiger partial charge in [-0.15, -0.1) is 0 Å². The minimum atomic E-state index is 0.912. The van der Waals surface area contributed by atoms with Crippen molar-refractivity contribution >= 4 is 10.8 Å². The van der Waals surface area contributed by atoms with E-state index in [0.717, 1.165) is 28.0 Å². The molecule has 1 heteroatoms. The molecule has 0 spiro atoms. The second-order valence-corrected chi connectivity index (χ2v) is 9.22. The zero-order valence-electron chi connectivity index (χ0n) is 20.0. The predicted octanol–water partition coefficient (Wildman–Crippen LogP) is 9.50. The van der Waals surface area contributed by atoms with E-state index in [1.807, 2.05) is 0 Å². The molecule has 0 radical (unpaired) electrons. The first-order chi connectivity index (χ1) is 17.9. The summed E-state index contributed by atoms with van der Waals surface area (Å²) in [4.78, 5) is 0. The molecule has 7 rings (SSSR count). The smallest absolute Gasteiger partial charge is 0.135 e. The van der Waals surface area contributed by atoms with Crippen LogP contribution in [0.1, 0.15) is 0 Å². The van der Waals surface area contributed by atoms with Crippen LogP contribution in [-0.4, -0.2) is 7.11 Å². The van der Waals surface area contributed by atoms with Crippen LogP contribution in [0.3, 0.4) is 0 Å². The Balaban J connectivity index is 1.76. The van der Waals surface area contributed by atoms with Crippen LogP contribution in [0.15, 0.2) is 127 Å². The van der Waals surface area contributed by atoms with Gasteiger partial charge < -0.3 is 4.74 Å². The maximum Gasteiger partial charge on any atom is 0.135 e. The summed E-state index contributed by atoms with van der Waals surface area (Å²) >= 11 is 0. The van der Waals surface area contributed by atoms with Crippen molar-refractivity contribution in [2.45, 2.75) is 0 Å². The molecular weight excluding hydrogens is 436 g/mol. The molecule has 6 aromatic carbocycles. The van der Waals surface area contributed by atoms with Gasteiger partial charge in [0, 0.05) is 22.3 Å². The summed E-state index contributed by atoms with van der Waals surface area (Å²) in [5.41, 5.74) is 12.1. The molecule has 1 aliphatic rings. The quantitative estimate of drug-likeness (QED) is 0.254. The average molecular weight is 461 g/mol. The number of fused-ring (bicyclic) bond motifs is 3. The van der Waals surface area contributed by atoms with E-state index in [0.29, 0.717) is 0 Å². The lowest BCUT2D eigenvalue weighted by Crippen LogP contribution is -1.99. The molecule has 0 N–H and O–H groups in total. The Labute approximate surface area is 211 Å². The van der Waals surface area contributed by atoms with Crippen molar-refractivity contribution in [3.63, 3.8) is 0 Å². The normalized spacial score (nSPS) is 11.5. The Morgan fingerprint density at radius 3 is 1.28 bits per heavy atom. The number of hydrogen-bond donors (Lipinski definition) is 0. The average Bonchev–Trinajstić information content (AvgIpc) is 3.29. The van der Waals surface area contributed by atoms with Crippen molar-refractivity contribution in [2.75, 3.05) is 7.11 Å². The lowest BCUT2D eigenvalue weighted by molar-refractivity contribution is 0.418. The number of methoxy groups -OCH3 is 1. The van der Waals surface area contributed by atoms with Crippen LogP contribution in [-0.2, 0) is 0 Å². The maximum absolute atomic E-state index is 6.37. The van der Waals surface area contributed by atoms with Crippen LogP contribution < -0.4 is 4.74 Å². The van der Waals surface area contributed by atoms with E-state index in [2.05, 4.69) is 127 Å². The standard InChI is InChI=1S/C35H24O/c1-36-35-31(25-15-7-3-8-16-25)30(24-13-5-2-6-14-24)33-27-21-11-19-23-20-12-22-28(29(23)27)34(33)32(35)26-17-9-4-10-18-26/h2-22H,1H3. The summed E-state index contributed by atoms with van der Waals surface area (Å²) in [6.07, 6.45) is 0. The lowest BCUT2D eigenvalue weighted by atomic mass is 9.81. The topological polar surface area (TPSA) is 9.23 Å². The van der Waals surface area contributed by atoms with Gasteiger partial charge in [0.2, 0.25) is 0 Å². The highest BCUT2D eigenvalue weighted by molar-refractivity contribution is 6.24. The van der Waals surface area contributed by atoms with Crippen molar-refractivity contribution < 1.29 is 4.74 Å². The molecule has 6 aromatic rings. The van der Waals surface area contributed by atoms with Gasteiger partial charge in [-0.05, 0) is 44.2 Å². The maximum atomic E-state index is 6.37. The molecule has 0 atom stereocenters. The molecule has 170 valence electrons.